The maximum atomic E-state index is 10.5. The van der Waals surface area contributed by atoms with Crippen LogP contribution in [0.3, 0.4) is 0 Å². The molecule has 0 aromatic rings. The molecular weight excluding hydrogens is 144 g/mol. The van der Waals surface area contributed by atoms with Gasteiger partial charge in [0, 0.05) is 6.92 Å². The summed E-state index contributed by atoms with van der Waals surface area (Å²) < 4.78 is 21.0. The highest BCUT2D eigenvalue weighted by molar-refractivity contribution is 7.92. The van der Waals surface area contributed by atoms with Crippen molar-refractivity contribution in [3.05, 3.63) is 0 Å². The van der Waals surface area contributed by atoms with Gasteiger partial charge < -0.3 is 10.2 Å². The molecule has 0 aliphatic carbocycles. The van der Waals surface area contributed by atoms with Gasteiger partial charge in [0.25, 0.3) is 5.12 Å². The molecule has 0 aliphatic rings. The van der Waals surface area contributed by atoms with Gasteiger partial charge in [-0.1, -0.05) is 6.92 Å². The predicted molar refractivity (Wildman–Crippen MR) is 32.3 cm³/mol. The molecule has 9 heavy (non-hydrogen) atoms. The summed E-state index contributed by atoms with van der Waals surface area (Å²) in [6, 6.07) is 0. The summed E-state index contributed by atoms with van der Waals surface area (Å²) in [5, 5.41) is 14.4. The molecule has 0 spiro atoms. The zero-order valence-corrected chi connectivity index (χ0v) is 6.14. The summed E-state index contributed by atoms with van der Waals surface area (Å²) in [5.41, 5.74) is 0. The van der Waals surface area contributed by atoms with Crippen LogP contribution in [-0.4, -0.2) is 29.5 Å². The second kappa shape index (κ2) is 2.24. The molecule has 5 heteroatoms. The van der Waals surface area contributed by atoms with Crippen LogP contribution >= 0.6 is 0 Å². The largest absolute Gasteiger partial charge is 0.354 e. The van der Waals surface area contributed by atoms with Gasteiger partial charge in [0.05, 0.1) is 5.75 Å². The smallest absolute Gasteiger partial charge is 0.266 e. The van der Waals surface area contributed by atoms with Crippen molar-refractivity contribution in [2.75, 3.05) is 5.75 Å². The van der Waals surface area contributed by atoms with Gasteiger partial charge in [-0.15, -0.1) is 0 Å². The van der Waals surface area contributed by atoms with Gasteiger partial charge in [0.1, 0.15) is 0 Å². The first-order valence-electron chi connectivity index (χ1n) is 2.48. The van der Waals surface area contributed by atoms with E-state index < -0.39 is 15.0 Å². The molecule has 0 aliphatic heterocycles. The minimum Gasteiger partial charge on any atom is -0.354 e. The quantitative estimate of drug-likeness (QED) is 0.504. The highest BCUT2D eigenvalue weighted by Gasteiger charge is 2.31. The van der Waals surface area contributed by atoms with E-state index in [1.807, 2.05) is 0 Å². The lowest BCUT2D eigenvalue weighted by Gasteiger charge is -2.13. The normalized spacial score (nSPS) is 13.8. The Balaban J connectivity index is 4.57. The molecule has 0 heterocycles. The van der Waals surface area contributed by atoms with E-state index in [0.29, 0.717) is 0 Å². The molecule has 2 N–H and O–H groups in total. The van der Waals surface area contributed by atoms with Crippen LogP contribution in [0.1, 0.15) is 13.8 Å². The monoisotopic (exact) mass is 154 g/mol. The summed E-state index contributed by atoms with van der Waals surface area (Å²) in [6.45, 7) is 2.17. The van der Waals surface area contributed by atoms with Crippen molar-refractivity contribution in [1.29, 1.82) is 0 Å². The summed E-state index contributed by atoms with van der Waals surface area (Å²) >= 11 is 0. The van der Waals surface area contributed by atoms with Crippen LogP contribution in [0.25, 0.3) is 0 Å². The van der Waals surface area contributed by atoms with Crippen molar-refractivity contribution >= 4 is 9.84 Å². The van der Waals surface area contributed by atoms with Crippen molar-refractivity contribution in [2.45, 2.75) is 19.0 Å². The second-order valence-electron chi connectivity index (χ2n) is 1.84. The number of hydrogen-bond acceptors (Lipinski definition) is 4. The summed E-state index contributed by atoms with van der Waals surface area (Å²) in [4.78, 5) is 0. The van der Waals surface area contributed by atoms with E-state index in [1.165, 1.54) is 6.92 Å². The highest BCUT2D eigenvalue weighted by Crippen LogP contribution is 2.08. The molecule has 0 atom stereocenters. The van der Waals surface area contributed by atoms with Gasteiger partial charge in [0.15, 0.2) is 0 Å². The Morgan fingerprint density at radius 1 is 1.44 bits per heavy atom. The standard InChI is InChI=1S/C4H10O4S/c1-3-9(7,8)4(2,5)6/h5-6H,3H2,1-2H3. The third-order valence-electron chi connectivity index (χ3n) is 0.969. The van der Waals surface area contributed by atoms with E-state index in [9.17, 15) is 8.42 Å². The maximum absolute atomic E-state index is 10.5. The molecule has 0 fully saturated rings. The number of aliphatic hydroxyl groups is 2. The van der Waals surface area contributed by atoms with Crippen molar-refractivity contribution in [2.24, 2.45) is 0 Å². The summed E-state index contributed by atoms with van der Waals surface area (Å²) in [6.07, 6.45) is 0. The molecule has 0 aromatic carbocycles. The predicted octanol–water partition coefficient (Wildman–Crippen LogP) is -0.921. The topological polar surface area (TPSA) is 74.6 Å². The van der Waals surface area contributed by atoms with Crippen molar-refractivity contribution < 1.29 is 18.6 Å². The van der Waals surface area contributed by atoms with Gasteiger partial charge in [-0.2, -0.15) is 0 Å². The molecule has 0 saturated heterocycles. The molecule has 0 aromatic heterocycles. The lowest BCUT2D eigenvalue weighted by molar-refractivity contribution is -0.0679. The first kappa shape index (κ1) is 8.87. The average molecular weight is 154 g/mol. The van der Waals surface area contributed by atoms with E-state index >= 15 is 0 Å². The molecule has 4 nitrogen and oxygen atoms in total. The minimum absolute atomic E-state index is 0.267. The van der Waals surface area contributed by atoms with Crippen molar-refractivity contribution in [1.82, 2.24) is 0 Å². The minimum atomic E-state index is -3.72. The van der Waals surface area contributed by atoms with Crippen LogP contribution in [-0.2, 0) is 9.84 Å². The van der Waals surface area contributed by atoms with Gasteiger partial charge in [-0.3, -0.25) is 0 Å². The SMILES string of the molecule is CCS(=O)(=O)C(C)(O)O. The second-order valence-corrected chi connectivity index (χ2v) is 4.42. The Labute approximate surface area is 54.0 Å². The third-order valence-corrected chi connectivity index (χ3v) is 2.91. The zero-order valence-electron chi connectivity index (χ0n) is 5.33. The first-order chi connectivity index (χ1) is 3.81. The fraction of sp³-hybridized carbons (Fsp3) is 1.00. The summed E-state index contributed by atoms with van der Waals surface area (Å²) in [5.74, 6) is -0.267. The fourth-order valence-electron chi connectivity index (χ4n) is 0.273. The molecule has 0 amide bonds. The molecular formula is C4H10O4S. The zero-order chi connectivity index (χ0) is 7.71. The number of sulfone groups is 1. The molecule has 0 rings (SSSR count). The van der Waals surface area contributed by atoms with E-state index in [2.05, 4.69) is 0 Å². The Bertz CT molecular complexity index is 173. The van der Waals surface area contributed by atoms with Gasteiger partial charge >= 0.3 is 0 Å². The van der Waals surface area contributed by atoms with E-state index in [0.717, 1.165) is 6.92 Å². The molecule has 56 valence electrons. The van der Waals surface area contributed by atoms with E-state index in [4.69, 9.17) is 10.2 Å². The Morgan fingerprint density at radius 2 is 1.78 bits per heavy atom. The van der Waals surface area contributed by atoms with Crippen LogP contribution in [0.5, 0.6) is 0 Å². The molecule has 0 saturated carbocycles. The van der Waals surface area contributed by atoms with Crippen LogP contribution in [0, 0.1) is 0 Å². The Morgan fingerprint density at radius 3 is 1.78 bits per heavy atom. The van der Waals surface area contributed by atoms with Crippen molar-refractivity contribution in [3.63, 3.8) is 0 Å². The molecule has 0 bridgehead atoms. The van der Waals surface area contributed by atoms with E-state index in [1.54, 1.807) is 0 Å². The van der Waals surface area contributed by atoms with Crippen LogP contribution in [0.4, 0.5) is 0 Å². The molecule has 0 unspecified atom stereocenters. The van der Waals surface area contributed by atoms with Crippen LogP contribution in [0.2, 0.25) is 0 Å². The van der Waals surface area contributed by atoms with Gasteiger partial charge in [-0.25, -0.2) is 8.42 Å². The van der Waals surface area contributed by atoms with Crippen LogP contribution in [0.15, 0.2) is 0 Å². The lowest BCUT2D eigenvalue weighted by Crippen LogP contribution is -2.35. The molecule has 0 radical (unpaired) electrons. The Kier molecular flexibility index (Phi) is 2.21. The number of hydrogen-bond donors (Lipinski definition) is 2. The van der Waals surface area contributed by atoms with E-state index in [-0.39, 0.29) is 5.75 Å². The third kappa shape index (κ3) is 1.92. The maximum Gasteiger partial charge on any atom is 0.266 e. The number of rotatable bonds is 2. The fourth-order valence-corrected chi connectivity index (χ4v) is 0.820. The van der Waals surface area contributed by atoms with Gasteiger partial charge in [0.2, 0.25) is 9.84 Å². The van der Waals surface area contributed by atoms with Gasteiger partial charge in [-0.05, 0) is 0 Å². The first-order valence-corrected chi connectivity index (χ1v) is 4.13. The summed E-state index contributed by atoms with van der Waals surface area (Å²) in [7, 11) is -3.72. The van der Waals surface area contributed by atoms with Crippen LogP contribution < -0.4 is 0 Å². The Hall–Kier alpha value is -0.130. The highest BCUT2D eigenvalue weighted by atomic mass is 32.2. The van der Waals surface area contributed by atoms with Crippen molar-refractivity contribution in [3.8, 4) is 0 Å². The average Bonchev–Trinajstić information content (AvgIpc) is 1.64. The lowest BCUT2D eigenvalue weighted by atomic mass is 10.8.